The molecule has 0 amide bonds. The molecule has 0 bridgehead atoms. The third-order valence-corrected chi connectivity index (χ3v) is 5.25. The van der Waals surface area contributed by atoms with Gasteiger partial charge >= 0.3 is 0 Å². The number of hydrogen-bond acceptors (Lipinski definition) is 4. The lowest BCUT2D eigenvalue weighted by Gasteiger charge is -2.31. The van der Waals surface area contributed by atoms with Crippen LogP contribution in [0.1, 0.15) is 32.1 Å². The van der Waals surface area contributed by atoms with E-state index in [1.54, 1.807) is 0 Å². The zero-order chi connectivity index (χ0) is 17.1. The summed E-state index contributed by atoms with van der Waals surface area (Å²) in [6.45, 7) is 4.63. The number of likely N-dealkylation sites (tertiary alicyclic amines) is 1. The molecule has 1 aromatic rings. The van der Waals surface area contributed by atoms with Crippen molar-refractivity contribution in [1.29, 1.82) is 0 Å². The second kappa shape index (κ2) is 9.12. The van der Waals surface area contributed by atoms with E-state index < -0.39 is 0 Å². The molecule has 1 saturated heterocycles. The Morgan fingerprint density at radius 3 is 2.58 bits per heavy atom. The fraction of sp³-hybridized carbons (Fsp3) is 0.632. The molecule has 0 radical (unpaired) electrons. The highest BCUT2D eigenvalue weighted by Crippen LogP contribution is 2.32. The number of nitrogens with zero attached hydrogens (tertiary/aromatic N) is 2. The van der Waals surface area contributed by atoms with Crippen molar-refractivity contribution in [3.05, 3.63) is 18.2 Å². The third kappa shape index (κ3) is 5.16. The summed E-state index contributed by atoms with van der Waals surface area (Å²) >= 11 is 0. The molecular weight excluding hydrogens is 443 g/mol. The van der Waals surface area contributed by atoms with Gasteiger partial charge in [-0.3, -0.25) is 4.99 Å². The number of benzene rings is 1. The van der Waals surface area contributed by atoms with Crippen LogP contribution in [0.2, 0.25) is 0 Å². The fourth-order valence-electron chi connectivity index (χ4n) is 3.60. The molecule has 2 heterocycles. The van der Waals surface area contributed by atoms with Crippen molar-refractivity contribution in [2.75, 3.05) is 38.2 Å². The number of guanidine groups is 1. The second-order valence-corrected chi connectivity index (χ2v) is 7.27. The van der Waals surface area contributed by atoms with Gasteiger partial charge in [-0.1, -0.05) is 0 Å². The summed E-state index contributed by atoms with van der Waals surface area (Å²) in [7, 11) is 0. The summed E-state index contributed by atoms with van der Waals surface area (Å²) in [4.78, 5) is 7.19. The minimum atomic E-state index is 0. The Kier molecular flexibility index (Phi) is 6.86. The van der Waals surface area contributed by atoms with Gasteiger partial charge in [0, 0.05) is 30.8 Å². The average Bonchev–Trinajstić information content (AvgIpc) is 3.47. The quantitative estimate of drug-likeness (QED) is 0.401. The maximum Gasteiger partial charge on any atom is 0.193 e. The third-order valence-electron chi connectivity index (χ3n) is 5.25. The molecule has 2 aliphatic heterocycles. The maximum absolute atomic E-state index is 6.07. The number of ether oxygens (including phenoxy) is 2. The van der Waals surface area contributed by atoms with E-state index in [0.29, 0.717) is 25.1 Å². The lowest BCUT2D eigenvalue weighted by molar-refractivity contribution is 0.179. The molecule has 7 heteroatoms. The van der Waals surface area contributed by atoms with E-state index in [9.17, 15) is 0 Å². The van der Waals surface area contributed by atoms with Gasteiger partial charge in [-0.2, -0.15) is 0 Å². The summed E-state index contributed by atoms with van der Waals surface area (Å²) in [5.74, 6) is 2.68. The Morgan fingerprint density at radius 2 is 1.85 bits per heavy atom. The standard InChI is InChI=1S/C19H28N4O2.HI/c20-19(21-13-14-6-8-23(9-7-14)16-3-4-16)22-15-2-5-17-18(12-15)25-11-1-10-24-17;/h2,5,12,14,16H,1,3-4,6-11,13H2,(H3,20,21,22);1H. The minimum Gasteiger partial charge on any atom is -0.490 e. The smallest absolute Gasteiger partial charge is 0.193 e. The number of anilines is 1. The molecule has 1 saturated carbocycles. The summed E-state index contributed by atoms with van der Waals surface area (Å²) in [6.07, 6.45) is 6.17. The van der Waals surface area contributed by atoms with Crippen molar-refractivity contribution in [2.24, 2.45) is 16.6 Å². The highest BCUT2D eigenvalue weighted by molar-refractivity contribution is 14.0. The Bertz CT molecular complexity index is 628. The van der Waals surface area contributed by atoms with Gasteiger partial charge in [-0.15, -0.1) is 24.0 Å². The maximum atomic E-state index is 6.07. The number of fused-ring (bicyclic) bond motifs is 1. The normalized spacial score (nSPS) is 21.6. The van der Waals surface area contributed by atoms with Crippen molar-refractivity contribution in [3.63, 3.8) is 0 Å². The first-order chi connectivity index (χ1) is 12.3. The van der Waals surface area contributed by atoms with Gasteiger partial charge in [0.15, 0.2) is 17.5 Å². The molecule has 1 aliphatic carbocycles. The predicted molar refractivity (Wildman–Crippen MR) is 115 cm³/mol. The van der Waals surface area contributed by atoms with Crippen molar-refractivity contribution in [2.45, 2.75) is 38.1 Å². The first-order valence-corrected chi connectivity index (χ1v) is 9.48. The van der Waals surface area contributed by atoms with Crippen LogP contribution in [-0.4, -0.2) is 49.7 Å². The van der Waals surface area contributed by atoms with Crippen LogP contribution in [0, 0.1) is 5.92 Å². The van der Waals surface area contributed by atoms with Crippen LogP contribution in [-0.2, 0) is 0 Å². The molecular formula is C19H29IN4O2. The van der Waals surface area contributed by atoms with Gasteiger partial charge in [0.25, 0.3) is 0 Å². The summed E-state index contributed by atoms with van der Waals surface area (Å²) < 4.78 is 11.4. The second-order valence-electron chi connectivity index (χ2n) is 7.27. The van der Waals surface area contributed by atoms with E-state index in [-0.39, 0.29) is 24.0 Å². The van der Waals surface area contributed by atoms with Gasteiger partial charge in [-0.25, -0.2) is 0 Å². The Labute approximate surface area is 172 Å². The molecule has 2 fully saturated rings. The number of nitrogens with one attached hydrogen (secondary N) is 1. The average molecular weight is 472 g/mol. The number of hydrogen-bond donors (Lipinski definition) is 2. The Morgan fingerprint density at radius 1 is 1.12 bits per heavy atom. The SMILES string of the molecule is I.NC(=NCC1CCN(C2CC2)CC1)Nc1ccc2c(c1)OCCCO2. The lowest BCUT2D eigenvalue weighted by atomic mass is 9.97. The fourth-order valence-corrected chi connectivity index (χ4v) is 3.60. The van der Waals surface area contributed by atoms with Crippen LogP contribution in [0.15, 0.2) is 23.2 Å². The molecule has 6 nitrogen and oxygen atoms in total. The first-order valence-electron chi connectivity index (χ1n) is 9.48. The molecule has 4 rings (SSSR count). The van der Waals surface area contributed by atoms with E-state index >= 15 is 0 Å². The van der Waals surface area contributed by atoms with Crippen molar-refractivity contribution in [3.8, 4) is 11.5 Å². The van der Waals surface area contributed by atoms with Crippen molar-refractivity contribution in [1.82, 2.24) is 4.90 Å². The summed E-state index contributed by atoms with van der Waals surface area (Å²) in [5, 5.41) is 3.17. The number of aliphatic imine (C=N–C) groups is 1. The number of nitrogens with two attached hydrogens (primary N) is 1. The van der Waals surface area contributed by atoms with Gasteiger partial charge in [0.1, 0.15) is 0 Å². The molecule has 0 unspecified atom stereocenters. The number of rotatable bonds is 4. The summed E-state index contributed by atoms with van der Waals surface area (Å²) in [6, 6.07) is 6.68. The van der Waals surface area contributed by atoms with Crippen LogP contribution >= 0.6 is 24.0 Å². The van der Waals surface area contributed by atoms with Crippen molar-refractivity contribution < 1.29 is 9.47 Å². The van der Waals surface area contributed by atoms with E-state index in [4.69, 9.17) is 15.2 Å². The monoisotopic (exact) mass is 472 g/mol. The van der Waals surface area contributed by atoms with E-state index in [1.165, 1.54) is 38.8 Å². The van der Waals surface area contributed by atoms with Crippen LogP contribution in [0.3, 0.4) is 0 Å². The van der Waals surface area contributed by atoms with Crippen molar-refractivity contribution >= 4 is 35.6 Å². The zero-order valence-corrected chi connectivity index (χ0v) is 17.5. The van der Waals surface area contributed by atoms with Gasteiger partial charge in [0.05, 0.1) is 13.2 Å². The van der Waals surface area contributed by atoms with Crippen LogP contribution in [0.5, 0.6) is 11.5 Å². The zero-order valence-electron chi connectivity index (χ0n) is 15.2. The molecule has 3 aliphatic rings. The van der Waals surface area contributed by atoms with Crippen LogP contribution < -0.4 is 20.5 Å². The summed E-state index contributed by atoms with van der Waals surface area (Å²) in [5.41, 5.74) is 6.96. The van der Waals surface area contributed by atoms with Crippen LogP contribution in [0.25, 0.3) is 0 Å². The lowest BCUT2D eigenvalue weighted by Crippen LogP contribution is -2.36. The van der Waals surface area contributed by atoms with Gasteiger partial charge in [0.2, 0.25) is 0 Å². The molecule has 26 heavy (non-hydrogen) atoms. The molecule has 0 atom stereocenters. The molecule has 0 aromatic heterocycles. The van der Waals surface area contributed by atoms with Gasteiger partial charge in [-0.05, 0) is 56.8 Å². The molecule has 144 valence electrons. The number of halogens is 1. The van der Waals surface area contributed by atoms with E-state index in [1.807, 2.05) is 18.2 Å². The predicted octanol–water partition coefficient (Wildman–Crippen LogP) is 3.07. The van der Waals surface area contributed by atoms with Gasteiger partial charge < -0.3 is 25.4 Å². The molecule has 0 spiro atoms. The minimum absolute atomic E-state index is 0. The highest BCUT2D eigenvalue weighted by atomic mass is 127. The topological polar surface area (TPSA) is 72.1 Å². The molecule has 3 N–H and O–H groups in total. The Balaban J connectivity index is 0.00000196. The largest absolute Gasteiger partial charge is 0.490 e. The first kappa shape index (κ1) is 19.5. The highest BCUT2D eigenvalue weighted by Gasteiger charge is 2.31. The van der Waals surface area contributed by atoms with E-state index in [0.717, 1.165) is 36.2 Å². The van der Waals surface area contributed by atoms with E-state index in [2.05, 4.69) is 15.2 Å². The number of piperidine rings is 1. The molecule has 1 aromatic carbocycles. The Hall–Kier alpha value is -1.22. The van der Waals surface area contributed by atoms with Crippen LogP contribution in [0.4, 0.5) is 5.69 Å².